The third-order valence-electron chi connectivity index (χ3n) is 3.62. The van der Waals surface area contributed by atoms with Crippen LogP contribution in [0.15, 0.2) is 34.9 Å². The molecule has 0 radical (unpaired) electrons. The van der Waals surface area contributed by atoms with Crippen LogP contribution in [0.2, 0.25) is 0 Å². The fourth-order valence-electron chi connectivity index (χ4n) is 2.47. The van der Waals surface area contributed by atoms with E-state index in [2.05, 4.69) is 15.9 Å². The molecule has 1 aromatic carbocycles. The zero-order valence-electron chi connectivity index (χ0n) is 12.9. The molecule has 2 amide bonds. The smallest absolute Gasteiger partial charge is 0.355 e. The number of hydrogen-bond acceptors (Lipinski definition) is 5. The van der Waals surface area contributed by atoms with Crippen molar-refractivity contribution in [3.63, 3.8) is 0 Å². The molecule has 0 spiro atoms. The van der Waals surface area contributed by atoms with Crippen molar-refractivity contribution in [3.8, 4) is 11.3 Å². The summed E-state index contributed by atoms with van der Waals surface area (Å²) in [6, 6.07) is 5.15. The van der Waals surface area contributed by atoms with E-state index in [4.69, 9.17) is 4.52 Å². The van der Waals surface area contributed by atoms with Gasteiger partial charge in [-0.25, -0.2) is 5.01 Å². The van der Waals surface area contributed by atoms with E-state index in [1.54, 1.807) is 7.05 Å². The first-order valence-electron chi connectivity index (χ1n) is 7.21. The molecule has 1 atom stereocenters. The van der Waals surface area contributed by atoms with Gasteiger partial charge in [0.05, 0.1) is 5.56 Å². The summed E-state index contributed by atoms with van der Waals surface area (Å²) in [4.78, 5) is 23.7. The lowest BCUT2D eigenvalue weighted by molar-refractivity contribution is -0.137. The molecule has 2 aromatic rings. The molecule has 1 saturated heterocycles. The third-order valence-corrected chi connectivity index (χ3v) is 3.62. The van der Waals surface area contributed by atoms with Crippen molar-refractivity contribution in [1.82, 2.24) is 20.9 Å². The van der Waals surface area contributed by atoms with Crippen LogP contribution in [0.25, 0.3) is 11.3 Å². The van der Waals surface area contributed by atoms with E-state index >= 15 is 0 Å². The van der Waals surface area contributed by atoms with Crippen LogP contribution >= 0.6 is 0 Å². The lowest BCUT2D eigenvalue weighted by Crippen LogP contribution is -2.41. The molecule has 0 aliphatic carbocycles. The van der Waals surface area contributed by atoms with Gasteiger partial charge >= 0.3 is 6.18 Å². The minimum atomic E-state index is -4.57. The number of amides is 2. The zero-order valence-corrected chi connectivity index (χ0v) is 12.9. The van der Waals surface area contributed by atoms with Crippen LogP contribution in [0.3, 0.4) is 0 Å². The van der Waals surface area contributed by atoms with Crippen LogP contribution in [-0.4, -0.2) is 41.6 Å². The van der Waals surface area contributed by atoms with E-state index in [1.807, 2.05) is 0 Å². The number of benzene rings is 1. The number of carbonyl (C=O) groups excluding carboxylic acids is 2. The van der Waals surface area contributed by atoms with Crippen molar-refractivity contribution in [3.05, 3.63) is 41.6 Å². The van der Waals surface area contributed by atoms with Gasteiger partial charge in [0.25, 0.3) is 11.8 Å². The highest BCUT2D eigenvalue weighted by atomic mass is 19.4. The summed E-state index contributed by atoms with van der Waals surface area (Å²) in [5.74, 6) is -1.29. The first-order valence-corrected chi connectivity index (χ1v) is 7.21. The first kappa shape index (κ1) is 17.0. The maximum Gasteiger partial charge on any atom is 0.417 e. The summed E-state index contributed by atoms with van der Waals surface area (Å²) in [6.07, 6.45) is -4.57. The predicted octanol–water partition coefficient (Wildman–Crippen LogP) is 1.44. The van der Waals surface area contributed by atoms with Crippen molar-refractivity contribution in [1.29, 1.82) is 0 Å². The molecule has 2 N–H and O–H groups in total. The Bertz CT molecular complexity index is 818. The van der Waals surface area contributed by atoms with Crippen LogP contribution in [-0.2, 0) is 11.0 Å². The van der Waals surface area contributed by atoms with Crippen molar-refractivity contribution in [2.45, 2.75) is 12.2 Å². The number of nitrogens with one attached hydrogen (secondary N) is 2. The molecule has 1 aliphatic rings. The van der Waals surface area contributed by atoms with E-state index in [9.17, 15) is 22.8 Å². The van der Waals surface area contributed by atoms with E-state index in [1.165, 1.54) is 23.2 Å². The van der Waals surface area contributed by atoms with Crippen molar-refractivity contribution >= 4 is 11.8 Å². The summed E-state index contributed by atoms with van der Waals surface area (Å²) in [7, 11) is 1.63. The largest absolute Gasteiger partial charge is 0.417 e. The fourth-order valence-corrected chi connectivity index (χ4v) is 2.47. The molecule has 3 rings (SSSR count). The third kappa shape index (κ3) is 3.48. The molecule has 0 bridgehead atoms. The quantitative estimate of drug-likeness (QED) is 0.871. The van der Waals surface area contributed by atoms with Crippen molar-refractivity contribution in [2.75, 3.05) is 13.6 Å². The summed E-state index contributed by atoms with van der Waals surface area (Å²) < 4.78 is 44.1. The Morgan fingerprint density at radius 3 is 2.76 bits per heavy atom. The second kappa shape index (κ2) is 6.20. The number of alkyl halides is 3. The van der Waals surface area contributed by atoms with E-state index in [-0.39, 0.29) is 29.5 Å². The normalized spacial score (nSPS) is 18.2. The highest BCUT2D eigenvalue weighted by molar-refractivity contribution is 5.97. The Balaban J connectivity index is 1.82. The number of hydrazine groups is 1. The topological polar surface area (TPSA) is 87.5 Å². The number of nitrogens with zero attached hydrogens (tertiary/aromatic N) is 2. The predicted molar refractivity (Wildman–Crippen MR) is 79.0 cm³/mol. The van der Waals surface area contributed by atoms with Gasteiger partial charge < -0.3 is 9.84 Å². The van der Waals surface area contributed by atoms with Crippen LogP contribution < -0.4 is 10.7 Å². The van der Waals surface area contributed by atoms with Gasteiger partial charge in [0, 0.05) is 25.2 Å². The Kier molecular flexibility index (Phi) is 4.21. The molecule has 25 heavy (non-hydrogen) atoms. The lowest BCUT2D eigenvalue weighted by atomic mass is 10.0. The van der Waals surface area contributed by atoms with Gasteiger partial charge in [-0.1, -0.05) is 23.4 Å². The number of likely N-dealkylation sites (N-methyl/N-ethyl adjacent to an activating group) is 1. The Labute approximate surface area is 139 Å². The van der Waals surface area contributed by atoms with Crippen LogP contribution in [0.1, 0.15) is 16.1 Å². The van der Waals surface area contributed by atoms with E-state index in [0.717, 1.165) is 12.1 Å². The van der Waals surface area contributed by atoms with Gasteiger partial charge in [-0.2, -0.15) is 13.2 Å². The van der Waals surface area contributed by atoms with Crippen LogP contribution in [0.5, 0.6) is 0 Å². The number of carbonyl (C=O) groups is 2. The Hall–Kier alpha value is -2.88. The molecular weight excluding hydrogens is 341 g/mol. The van der Waals surface area contributed by atoms with Crippen molar-refractivity contribution in [2.24, 2.45) is 0 Å². The molecule has 0 saturated carbocycles. The van der Waals surface area contributed by atoms with Gasteiger partial charge in [-0.05, 0) is 6.07 Å². The maximum atomic E-state index is 13.1. The second-order valence-corrected chi connectivity index (χ2v) is 5.50. The second-order valence-electron chi connectivity index (χ2n) is 5.50. The van der Waals surface area contributed by atoms with Gasteiger partial charge in [-0.15, -0.1) is 0 Å². The molecular formula is C15H13F3N4O3. The molecule has 1 aromatic heterocycles. The van der Waals surface area contributed by atoms with E-state index < -0.39 is 23.7 Å². The summed E-state index contributed by atoms with van der Waals surface area (Å²) in [5.41, 5.74) is 1.16. The van der Waals surface area contributed by atoms with Gasteiger partial charge in [0.15, 0.2) is 11.5 Å². The van der Waals surface area contributed by atoms with Crippen molar-refractivity contribution < 1.29 is 27.3 Å². The summed E-state index contributed by atoms with van der Waals surface area (Å²) in [6.45, 7) is 0.256. The number of halogens is 3. The minimum absolute atomic E-state index is 0.189. The number of rotatable bonds is 3. The highest BCUT2D eigenvalue weighted by Gasteiger charge is 2.35. The summed E-state index contributed by atoms with van der Waals surface area (Å²) >= 11 is 0. The van der Waals surface area contributed by atoms with Gasteiger partial charge in [0.2, 0.25) is 0 Å². The molecule has 2 heterocycles. The molecule has 7 nitrogen and oxygen atoms in total. The number of hydrogen-bond donors (Lipinski definition) is 2. The zero-order chi connectivity index (χ0) is 18.2. The standard InChI is InChI=1S/C15H13F3N4O3/c1-22-7-11(14(24)20-22)19-13(23)10-6-12(25-21-10)8-4-2-3-5-9(8)15(16,17)18/h2-6,11H,7H2,1H3,(H,19,23)(H,20,24). The minimum Gasteiger partial charge on any atom is -0.355 e. The fraction of sp³-hybridized carbons (Fsp3) is 0.267. The van der Waals surface area contributed by atoms with E-state index in [0.29, 0.717) is 0 Å². The Morgan fingerprint density at radius 2 is 2.12 bits per heavy atom. The average Bonchev–Trinajstić information content (AvgIpc) is 3.14. The number of aromatic nitrogens is 1. The highest BCUT2D eigenvalue weighted by Crippen LogP contribution is 2.37. The molecule has 132 valence electrons. The summed E-state index contributed by atoms with van der Waals surface area (Å²) in [5, 5.41) is 7.45. The molecule has 1 aliphatic heterocycles. The van der Waals surface area contributed by atoms with Gasteiger partial charge in [-0.3, -0.25) is 15.0 Å². The molecule has 10 heteroatoms. The molecule has 1 unspecified atom stereocenters. The van der Waals surface area contributed by atoms with Crippen LogP contribution in [0.4, 0.5) is 13.2 Å². The SMILES string of the molecule is CN1CC(NC(=O)c2cc(-c3ccccc3C(F)(F)F)on2)C(=O)N1. The van der Waals surface area contributed by atoms with Crippen LogP contribution in [0, 0.1) is 0 Å². The monoisotopic (exact) mass is 354 g/mol. The average molecular weight is 354 g/mol. The lowest BCUT2D eigenvalue weighted by Gasteiger charge is -2.09. The first-order chi connectivity index (χ1) is 11.8. The molecule has 1 fully saturated rings. The Morgan fingerprint density at radius 1 is 1.40 bits per heavy atom. The maximum absolute atomic E-state index is 13.1. The van der Waals surface area contributed by atoms with Gasteiger partial charge in [0.1, 0.15) is 6.04 Å².